The Labute approximate surface area is 55.4 Å². The van der Waals surface area contributed by atoms with E-state index in [0.717, 1.165) is 0 Å². The summed E-state index contributed by atoms with van der Waals surface area (Å²) in [6.45, 7) is 2.13. The number of fused-ring (bicyclic) bond motifs is 2. The van der Waals surface area contributed by atoms with E-state index >= 15 is 0 Å². The quantitative estimate of drug-likeness (QED) is 0.483. The van der Waals surface area contributed by atoms with Crippen molar-refractivity contribution in [3.05, 3.63) is 11.6 Å². The lowest BCUT2D eigenvalue weighted by molar-refractivity contribution is 0.135. The smallest absolute Gasteiger partial charge is 0.0667 e. The van der Waals surface area contributed by atoms with E-state index in [1.54, 1.807) is 0 Å². The standard InChI is InChI=1S/C8H12O/c1-5-4-6-2-3-7(5)8(6)9/h4,6-9H,2-3H2,1H3/t6-,7+,8-/m0/s1. The monoisotopic (exact) mass is 124 g/mol. The van der Waals surface area contributed by atoms with Crippen LogP contribution in [0.15, 0.2) is 11.6 Å². The highest BCUT2D eigenvalue weighted by atomic mass is 16.3. The molecule has 0 aromatic heterocycles. The molecule has 0 heterocycles. The minimum absolute atomic E-state index is 0.0231. The van der Waals surface area contributed by atoms with Crippen LogP contribution in [0.2, 0.25) is 0 Å². The Morgan fingerprint density at radius 1 is 1.56 bits per heavy atom. The van der Waals surface area contributed by atoms with Gasteiger partial charge in [0.25, 0.3) is 0 Å². The topological polar surface area (TPSA) is 20.2 Å². The second kappa shape index (κ2) is 1.60. The van der Waals surface area contributed by atoms with Gasteiger partial charge >= 0.3 is 0 Å². The Hall–Kier alpha value is -0.300. The zero-order valence-electron chi connectivity index (χ0n) is 5.67. The fourth-order valence-corrected chi connectivity index (χ4v) is 2.15. The van der Waals surface area contributed by atoms with Gasteiger partial charge < -0.3 is 5.11 Å². The molecule has 1 heteroatoms. The van der Waals surface area contributed by atoms with E-state index in [2.05, 4.69) is 13.0 Å². The maximum absolute atomic E-state index is 9.45. The van der Waals surface area contributed by atoms with Crippen LogP contribution in [-0.4, -0.2) is 11.2 Å². The average molecular weight is 124 g/mol. The molecule has 2 aliphatic carbocycles. The molecule has 0 aromatic carbocycles. The summed E-state index contributed by atoms with van der Waals surface area (Å²) in [6.07, 6.45) is 4.64. The van der Waals surface area contributed by atoms with Crippen LogP contribution in [0.3, 0.4) is 0 Å². The lowest BCUT2D eigenvalue weighted by Gasteiger charge is -2.08. The molecule has 2 rings (SSSR count). The summed E-state index contributed by atoms with van der Waals surface area (Å²) in [5, 5.41) is 9.45. The summed E-state index contributed by atoms with van der Waals surface area (Å²) in [4.78, 5) is 0. The van der Waals surface area contributed by atoms with Gasteiger partial charge in [-0.2, -0.15) is 0 Å². The Balaban J connectivity index is 2.30. The number of hydrogen-bond donors (Lipinski definition) is 1. The molecule has 2 aliphatic rings. The van der Waals surface area contributed by atoms with Gasteiger partial charge in [-0.3, -0.25) is 0 Å². The minimum Gasteiger partial charge on any atom is -0.392 e. The molecular formula is C8H12O. The molecule has 1 saturated carbocycles. The highest BCUT2D eigenvalue weighted by Crippen LogP contribution is 2.43. The van der Waals surface area contributed by atoms with Gasteiger partial charge in [-0.05, 0) is 19.8 Å². The lowest BCUT2D eigenvalue weighted by atomic mass is 10.0. The third-order valence-corrected chi connectivity index (χ3v) is 2.72. The van der Waals surface area contributed by atoms with Gasteiger partial charge in [0, 0.05) is 11.8 Å². The van der Waals surface area contributed by atoms with E-state index in [1.165, 1.54) is 18.4 Å². The minimum atomic E-state index is -0.0231. The molecule has 9 heavy (non-hydrogen) atoms. The van der Waals surface area contributed by atoms with Gasteiger partial charge in [0.05, 0.1) is 6.10 Å². The summed E-state index contributed by atoms with van der Waals surface area (Å²) < 4.78 is 0. The van der Waals surface area contributed by atoms with Crippen molar-refractivity contribution in [2.45, 2.75) is 25.9 Å². The van der Waals surface area contributed by atoms with Crippen LogP contribution in [0.4, 0.5) is 0 Å². The Morgan fingerprint density at radius 3 is 2.56 bits per heavy atom. The van der Waals surface area contributed by atoms with Crippen molar-refractivity contribution in [3.8, 4) is 0 Å². The van der Waals surface area contributed by atoms with Crippen molar-refractivity contribution in [2.24, 2.45) is 11.8 Å². The molecule has 2 bridgehead atoms. The molecule has 0 saturated heterocycles. The van der Waals surface area contributed by atoms with Gasteiger partial charge in [-0.15, -0.1) is 0 Å². The summed E-state index contributed by atoms with van der Waals surface area (Å²) >= 11 is 0. The van der Waals surface area contributed by atoms with E-state index in [9.17, 15) is 5.11 Å². The number of hydrogen-bond acceptors (Lipinski definition) is 1. The second-order valence-electron chi connectivity index (χ2n) is 3.25. The van der Waals surface area contributed by atoms with Gasteiger partial charge in [-0.25, -0.2) is 0 Å². The Kier molecular flexibility index (Phi) is 0.974. The zero-order valence-corrected chi connectivity index (χ0v) is 5.67. The van der Waals surface area contributed by atoms with E-state index in [1.807, 2.05) is 0 Å². The van der Waals surface area contributed by atoms with Gasteiger partial charge in [0.15, 0.2) is 0 Å². The van der Waals surface area contributed by atoms with E-state index in [-0.39, 0.29) is 6.10 Å². The van der Waals surface area contributed by atoms with Crippen LogP contribution in [0.5, 0.6) is 0 Å². The molecule has 1 N–H and O–H groups in total. The summed E-state index contributed by atoms with van der Waals surface area (Å²) in [5.74, 6) is 1.03. The predicted molar refractivity (Wildman–Crippen MR) is 36.0 cm³/mol. The van der Waals surface area contributed by atoms with Crippen molar-refractivity contribution in [3.63, 3.8) is 0 Å². The van der Waals surface area contributed by atoms with Crippen molar-refractivity contribution >= 4 is 0 Å². The van der Waals surface area contributed by atoms with Crippen LogP contribution >= 0.6 is 0 Å². The molecule has 0 spiro atoms. The lowest BCUT2D eigenvalue weighted by Crippen LogP contribution is -2.13. The van der Waals surface area contributed by atoms with Gasteiger partial charge in [-0.1, -0.05) is 11.6 Å². The van der Waals surface area contributed by atoms with Crippen LogP contribution in [0.25, 0.3) is 0 Å². The van der Waals surface area contributed by atoms with Crippen molar-refractivity contribution in [2.75, 3.05) is 0 Å². The predicted octanol–water partition coefficient (Wildman–Crippen LogP) is 1.33. The first-order chi connectivity index (χ1) is 4.29. The maximum atomic E-state index is 9.45. The summed E-state index contributed by atoms with van der Waals surface area (Å²) in [6, 6.07) is 0. The van der Waals surface area contributed by atoms with E-state index in [4.69, 9.17) is 0 Å². The molecule has 0 aromatic rings. The normalized spacial score (nSPS) is 47.8. The number of aliphatic hydroxyl groups is 1. The fraction of sp³-hybridized carbons (Fsp3) is 0.750. The third-order valence-electron chi connectivity index (χ3n) is 2.72. The van der Waals surface area contributed by atoms with Crippen molar-refractivity contribution in [1.82, 2.24) is 0 Å². The molecule has 0 unspecified atom stereocenters. The highest BCUT2D eigenvalue weighted by molar-refractivity contribution is 5.21. The molecule has 1 nitrogen and oxygen atoms in total. The number of aliphatic hydroxyl groups excluding tert-OH is 1. The Bertz CT molecular complexity index is 160. The summed E-state index contributed by atoms with van der Waals surface area (Å²) in [7, 11) is 0. The van der Waals surface area contributed by atoms with Crippen LogP contribution in [0, 0.1) is 11.8 Å². The third kappa shape index (κ3) is 0.584. The first-order valence-corrected chi connectivity index (χ1v) is 3.65. The first-order valence-electron chi connectivity index (χ1n) is 3.65. The van der Waals surface area contributed by atoms with Gasteiger partial charge in [0.1, 0.15) is 0 Å². The van der Waals surface area contributed by atoms with E-state index < -0.39 is 0 Å². The average Bonchev–Trinajstić information content (AvgIpc) is 2.25. The molecule has 50 valence electrons. The maximum Gasteiger partial charge on any atom is 0.0667 e. The van der Waals surface area contributed by atoms with Crippen molar-refractivity contribution in [1.29, 1.82) is 0 Å². The van der Waals surface area contributed by atoms with Crippen LogP contribution in [0.1, 0.15) is 19.8 Å². The fourth-order valence-electron chi connectivity index (χ4n) is 2.15. The summed E-state index contributed by atoms with van der Waals surface area (Å²) in [5.41, 5.74) is 1.42. The SMILES string of the molecule is CC1=C[C@@H]2CC[C@H]1[C@H]2O. The van der Waals surface area contributed by atoms with Crippen molar-refractivity contribution < 1.29 is 5.11 Å². The Morgan fingerprint density at radius 2 is 2.33 bits per heavy atom. The molecular weight excluding hydrogens is 112 g/mol. The molecule has 0 aliphatic heterocycles. The highest BCUT2D eigenvalue weighted by Gasteiger charge is 2.39. The zero-order chi connectivity index (χ0) is 6.43. The van der Waals surface area contributed by atoms with Gasteiger partial charge in [0.2, 0.25) is 0 Å². The molecule has 3 atom stereocenters. The molecule has 0 amide bonds. The largest absolute Gasteiger partial charge is 0.392 e. The number of rotatable bonds is 0. The van der Waals surface area contributed by atoms with Crippen LogP contribution < -0.4 is 0 Å². The molecule has 1 fully saturated rings. The molecule has 0 radical (unpaired) electrons. The second-order valence-corrected chi connectivity index (χ2v) is 3.25. The van der Waals surface area contributed by atoms with Crippen LogP contribution in [-0.2, 0) is 0 Å². The first kappa shape index (κ1) is 5.48. The van der Waals surface area contributed by atoms with E-state index in [0.29, 0.717) is 11.8 Å².